The molecule has 0 unspecified atom stereocenters. The topological polar surface area (TPSA) is 97.3 Å². The van der Waals surface area contributed by atoms with E-state index in [1.165, 1.54) is 23.6 Å². The fraction of sp³-hybridized carbons (Fsp3) is 0.238. The average molecular weight is 413 g/mol. The fourth-order valence-electron chi connectivity index (χ4n) is 2.74. The van der Waals surface area contributed by atoms with Gasteiger partial charge in [-0.15, -0.1) is 0 Å². The van der Waals surface area contributed by atoms with Gasteiger partial charge >= 0.3 is 0 Å². The Morgan fingerprint density at radius 2 is 1.66 bits per heavy atom. The number of nitrogens with one attached hydrogen (secondary N) is 2. The van der Waals surface area contributed by atoms with Gasteiger partial charge in [-0.25, -0.2) is 8.42 Å². The van der Waals surface area contributed by atoms with Crippen molar-refractivity contribution in [2.45, 2.75) is 32.6 Å². The Morgan fingerprint density at radius 1 is 0.966 bits per heavy atom. The van der Waals surface area contributed by atoms with Crippen LogP contribution in [0.4, 0.5) is 11.4 Å². The molecule has 1 heterocycles. The second-order valence-corrected chi connectivity index (χ2v) is 9.50. The molecule has 3 rings (SSSR count). The van der Waals surface area contributed by atoms with Gasteiger partial charge in [0, 0.05) is 29.6 Å². The summed E-state index contributed by atoms with van der Waals surface area (Å²) in [5, 5.41) is 3.54. The van der Waals surface area contributed by atoms with Gasteiger partial charge in [0.05, 0.1) is 16.1 Å². The first kappa shape index (κ1) is 20.6. The molecule has 152 valence electrons. The molecule has 1 amide bonds. The molecule has 2 N–H and O–H groups in total. The molecule has 0 fully saturated rings. The molecule has 0 radical (unpaired) electrons. The van der Waals surface area contributed by atoms with Crippen molar-refractivity contribution in [2.75, 3.05) is 10.0 Å². The van der Waals surface area contributed by atoms with E-state index >= 15 is 0 Å². The smallest absolute Gasteiger partial charge is 0.261 e. The SMILES string of the molecule is CC(=O)n1ccc2ccc(S(=O)(=O)Nc3cccc(NC(=O)C(C)(C)C)c3)cc21. The maximum atomic E-state index is 12.8. The maximum absolute atomic E-state index is 12.8. The van der Waals surface area contributed by atoms with Crippen LogP contribution in [0, 0.1) is 5.41 Å². The molecular weight excluding hydrogens is 390 g/mol. The quantitative estimate of drug-likeness (QED) is 0.673. The van der Waals surface area contributed by atoms with Gasteiger partial charge in [0.15, 0.2) is 0 Å². The Kier molecular flexibility index (Phi) is 5.23. The normalized spacial score (nSPS) is 12.0. The summed E-state index contributed by atoms with van der Waals surface area (Å²) in [6.07, 6.45) is 1.61. The number of anilines is 2. The van der Waals surface area contributed by atoms with Crippen LogP contribution in [0.5, 0.6) is 0 Å². The van der Waals surface area contributed by atoms with Crippen molar-refractivity contribution in [1.29, 1.82) is 0 Å². The number of hydrogen-bond donors (Lipinski definition) is 2. The van der Waals surface area contributed by atoms with Crippen LogP contribution < -0.4 is 10.0 Å². The third-order valence-corrected chi connectivity index (χ3v) is 5.75. The monoisotopic (exact) mass is 413 g/mol. The number of aromatic nitrogens is 1. The van der Waals surface area contributed by atoms with Gasteiger partial charge < -0.3 is 5.32 Å². The van der Waals surface area contributed by atoms with Crippen molar-refractivity contribution in [2.24, 2.45) is 5.41 Å². The molecule has 0 bridgehead atoms. The van der Waals surface area contributed by atoms with Gasteiger partial charge in [-0.1, -0.05) is 32.9 Å². The zero-order valence-electron chi connectivity index (χ0n) is 16.7. The van der Waals surface area contributed by atoms with Crippen molar-refractivity contribution in [3.8, 4) is 0 Å². The first-order valence-electron chi connectivity index (χ1n) is 9.04. The molecular formula is C21H23N3O4S. The van der Waals surface area contributed by atoms with Crippen molar-refractivity contribution in [3.63, 3.8) is 0 Å². The first-order valence-corrected chi connectivity index (χ1v) is 10.5. The second-order valence-electron chi connectivity index (χ2n) is 7.82. The highest BCUT2D eigenvalue weighted by Crippen LogP contribution is 2.24. The predicted octanol–water partition coefficient (Wildman–Crippen LogP) is 4.09. The maximum Gasteiger partial charge on any atom is 0.261 e. The highest BCUT2D eigenvalue weighted by molar-refractivity contribution is 7.92. The van der Waals surface area contributed by atoms with Crippen LogP contribution in [0.15, 0.2) is 59.6 Å². The van der Waals surface area contributed by atoms with Gasteiger partial charge in [0.1, 0.15) is 0 Å². The predicted molar refractivity (Wildman–Crippen MR) is 114 cm³/mol. The van der Waals surface area contributed by atoms with E-state index < -0.39 is 15.4 Å². The van der Waals surface area contributed by atoms with Gasteiger partial charge in [-0.05, 0) is 36.4 Å². The van der Waals surface area contributed by atoms with E-state index in [4.69, 9.17) is 0 Å². The van der Waals surface area contributed by atoms with Crippen LogP contribution in [-0.2, 0) is 14.8 Å². The molecule has 0 aliphatic carbocycles. The highest BCUT2D eigenvalue weighted by atomic mass is 32.2. The van der Waals surface area contributed by atoms with E-state index in [9.17, 15) is 18.0 Å². The molecule has 7 nitrogen and oxygen atoms in total. The number of carbonyl (C=O) groups excluding carboxylic acids is 2. The van der Waals surface area contributed by atoms with E-state index in [2.05, 4.69) is 10.0 Å². The molecule has 0 saturated carbocycles. The summed E-state index contributed by atoms with van der Waals surface area (Å²) in [6.45, 7) is 6.79. The number of fused-ring (bicyclic) bond motifs is 1. The fourth-order valence-corrected chi connectivity index (χ4v) is 3.81. The number of benzene rings is 2. The molecule has 0 atom stereocenters. The van der Waals surface area contributed by atoms with Crippen molar-refractivity contribution < 1.29 is 18.0 Å². The zero-order chi connectivity index (χ0) is 21.4. The van der Waals surface area contributed by atoms with Crippen molar-refractivity contribution in [3.05, 3.63) is 54.7 Å². The van der Waals surface area contributed by atoms with Crippen LogP contribution >= 0.6 is 0 Å². The molecule has 2 aromatic carbocycles. The molecule has 0 saturated heterocycles. The minimum atomic E-state index is -3.89. The van der Waals surface area contributed by atoms with Crippen LogP contribution in [0.25, 0.3) is 10.9 Å². The highest BCUT2D eigenvalue weighted by Gasteiger charge is 2.21. The average Bonchev–Trinajstić information content (AvgIpc) is 3.04. The Hall–Kier alpha value is -3.13. The minimum absolute atomic E-state index is 0.0373. The van der Waals surface area contributed by atoms with E-state index in [1.807, 2.05) is 0 Å². The lowest BCUT2D eigenvalue weighted by Gasteiger charge is -2.18. The van der Waals surface area contributed by atoms with Crippen LogP contribution in [-0.4, -0.2) is 24.8 Å². The lowest BCUT2D eigenvalue weighted by atomic mass is 9.95. The second kappa shape index (κ2) is 7.36. The Labute approximate surface area is 169 Å². The summed E-state index contributed by atoms with van der Waals surface area (Å²) < 4.78 is 29.6. The number of rotatable bonds is 4. The zero-order valence-corrected chi connectivity index (χ0v) is 17.5. The Balaban J connectivity index is 1.89. The van der Waals surface area contributed by atoms with Gasteiger partial charge in [0.2, 0.25) is 11.8 Å². The van der Waals surface area contributed by atoms with Crippen molar-refractivity contribution in [1.82, 2.24) is 4.57 Å². The first-order chi connectivity index (χ1) is 13.5. The van der Waals surface area contributed by atoms with E-state index in [-0.39, 0.29) is 16.7 Å². The Bertz CT molecular complexity index is 1200. The largest absolute Gasteiger partial charge is 0.326 e. The number of nitrogens with zero attached hydrogens (tertiary/aromatic N) is 1. The third-order valence-electron chi connectivity index (χ3n) is 4.37. The summed E-state index contributed by atoms with van der Waals surface area (Å²) in [7, 11) is -3.89. The standard InChI is InChI=1S/C21H23N3O4S/c1-14(25)24-11-10-15-8-9-18(13-19(15)24)29(27,28)23-17-7-5-6-16(12-17)22-20(26)21(2,3)4/h5-13,23H,1-4H3,(H,22,26). The lowest BCUT2D eigenvalue weighted by Crippen LogP contribution is -2.27. The van der Waals surface area contributed by atoms with E-state index in [1.54, 1.807) is 63.4 Å². The third kappa shape index (κ3) is 4.48. The van der Waals surface area contributed by atoms with Crippen molar-refractivity contribution >= 4 is 44.1 Å². The van der Waals surface area contributed by atoms with Gasteiger partial charge in [-0.2, -0.15) is 0 Å². The summed E-state index contributed by atoms with van der Waals surface area (Å²) in [6, 6.07) is 12.8. The molecule has 0 aliphatic rings. The van der Waals surface area contributed by atoms with Crippen LogP contribution in [0.3, 0.4) is 0 Å². The molecule has 29 heavy (non-hydrogen) atoms. The molecule has 1 aromatic heterocycles. The van der Waals surface area contributed by atoms with E-state index in [0.29, 0.717) is 16.9 Å². The lowest BCUT2D eigenvalue weighted by molar-refractivity contribution is -0.123. The number of carbonyl (C=O) groups is 2. The van der Waals surface area contributed by atoms with Gasteiger partial charge in [-0.3, -0.25) is 18.9 Å². The molecule has 0 aliphatic heterocycles. The molecule has 3 aromatic rings. The summed E-state index contributed by atoms with van der Waals surface area (Å²) in [5.41, 5.74) is 0.757. The van der Waals surface area contributed by atoms with Crippen LogP contribution in [0.1, 0.15) is 32.5 Å². The number of hydrogen-bond acceptors (Lipinski definition) is 4. The summed E-state index contributed by atoms with van der Waals surface area (Å²) in [5.74, 6) is -0.377. The minimum Gasteiger partial charge on any atom is -0.326 e. The number of sulfonamides is 1. The number of amides is 1. The van der Waals surface area contributed by atoms with Gasteiger partial charge in [0.25, 0.3) is 10.0 Å². The summed E-state index contributed by atoms with van der Waals surface area (Å²) in [4.78, 5) is 23.9. The Morgan fingerprint density at radius 3 is 2.31 bits per heavy atom. The molecule has 0 spiro atoms. The van der Waals surface area contributed by atoms with E-state index in [0.717, 1.165) is 5.39 Å². The van der Waals surface area contributed by atoms with Crippen LogP contribution in [0.2, 0.25) is 0 Å². The molecule has 8 heteroatoms. The summed E-state index contributed by atoms with van der Waals surface area (Å²) >= 11 is 0.